The molecule has 0 saturated carbocycles. The average molecular weight is 292 g/mol. The predicted octanol–water partition coefficient (Wildman–Crippen LogP) is 4.50. The summed E-state index contributed by atoms with van der Waals surface area (Å²) in [6.45, 7) is 8.10. The number of ether oxygens (including phenoxy) is 1. The Morgan fingerprint density at radius 1 is 1.40 bits per heavy atom. The van der Waals surface area contributed by atoms with Gasteiger partial charge in [-0.2, -0.15) is 0 Å². The highest BCUT2D eigenvalue weighted by molar-refractivity contribution is 6.31. The third kappa shape index (κ3) is 2.63. The first-order chi connectivity index (χ1) is 9.45. The van der Waals surface area contributed by atoms with Crippen LogP contribution in [0.4, 0.5) is 0 Å². The maximum atomic E-state index is 12.2. The second-order valence-corrected chi connectivity index (χ2v) is 5.46. The molecule has 0 bridgehead atoms. The highest BCUT2D eigenvalue weighted by Crippen LogP contribution is 2.31. The van der Waals surface area contributed by atoms with Gasteiger partial charge in [0.2, 0.25) is 0 Å². The molecule has 4 heteroatoms. The van der Waals surface area contributed by atoms with Gasteiger partial charge in [-0.05, 0) is 43.5 Å². The Hall–Kier alpha value is -1.61. The van der Waals surface area contributed by atoms with Crippen molar-refractivity contribution in [3.05, 3.63) is 40.0 Å². The monoisotopic (exact) mass is 291 g/mol. The van der Waals surface area contributed by atoms with Gasteiger partial charge in [-0.25, -0.2) is 4.79 Å². The van der Waals surface area contributed by atoms with Crippen LogP contribution in [0.25, 0.3) is 10.9 Å². The smallest absolute Gasteiger partial charge is 0.340 e. The SMILES string of the molecule is CCOC(=O)c1c(C)nc2ccc(Cl)cc2c1C(C)C. The van der Waals surface area contributed by atoms with E-state index in [1.165, 1.54) is 0 Å². The van der Waals surface area contributed by atoms with Crippen molar-refractivity contribution in [1.29, 1.82) is 0 Å². The van der Waals surface area contributed by atoms with E-state index in [2.05, 4.69) is 18.8 Å². The first-order valence-electron chi connectivity index (χ1n) is 6.72. The number of nitrogens with zero attached hydrogens (tertiary/aromatic N) is 1. The molecular weight excluding hydrogens is 274 g/mol. The fraction of sp³-hybridized carbons (Fsp3) is 0.375. The molecule has 1 aromatic carbocycles. The molecule has 1 heterocycles. The lowest BCUT2D eigenvalue weighted by Gasteiger charge is -2.17. The van der Waals surface area contributed by atoms with Gasteiger partial charge in [-0.1, -0.05) is 25.4 Å². The molecule has 0 aliphatic carbocycles. The first-order valence-corrected chi connectivity index (χ1v) is 7.10. The van der Waals surface area contributed by atoms with E-state index in [-0.39, 0.29) is 11.9 Å². The lowest BCUT2D eigenvalue weighted by Crippen LogP contribution is -2.13. The minimum absolute atomic E-state index is 0.178. The molecule has 2 rings (SSSR count). The zero-order chi connectivity index (χ0) is 14.9. The molecule has 2 aromatic rings. The number of hydrogen-bond donors (Lipinski definition) is 0. The molecule has 1 aromatic heterocycles. The molecule has 106 valence electrons. The molecule has 0 aliphatic rings. The van der Waals surface area contributed by atoms with Gasteiger partial charge in [0.15, 0.2) is 0 Å². The van der Waals surface area contributed by atoms with Crippen LogP contribution in [0.2, 0.25) is 5.02 Å². The summed E-state index contributed by atoms with van der Waals surface area (Å²) < 4.78 is 5.17. The van der Waals surface area contributed by atoms with Gasteiger partial charge in [0.05, 0.1) is 23.4 Å². The number of carbonyl (C=O) groups is 1. The second-order valence-electron chi connectivity index (χ2n) is 5.02. The summed E-state index contributed by atoms with van der Waals surface area (Å²) >= 11 is 6.08. The number of pyridine rings is 1. The molecule has 0 spiro atoms. The molecule has 0 fully saturated rings. The summed E-state index contributed by atoms with van der Waals surface area (Å²) in [7, 11) is 0. The lowest BCUT2D eigenvalue weighted by atomic mass is 9.92. The minimum atomic E-state index is -0.317. The third-order valence-electron chi connectivity index (χ3n) is 3.22. The maximum Gasteiger partial charge on any atom is 0.340 e. The van der Waals surface area contributed by atoms with E-state index in [1.54, 1.807) is 6.92 Å². The summed E-state index contributed by atoms with van der Waals surface area (Å²) in [5.74, 6) is -0.139. The van der Waals surface area contributed by atoms with Crippen LogP contribution in [-0.2, 0) is 4.74 Å². The number of halogens is 1. The van der Waals surface area contributed by atoms with Gasteiger partial charge in [-0.15, -0.1) is 0 Å². The van der Waals surface area contributed by atoms with Crippen LogP contribution in [0.15, 0.2) is 18.2 Å². The summed E-state index contributed by atoms with van der Waals surface area (Å²) in [5.41, 5.74) is 3.07. The Bertz CT molecular complexity index is 665. The molecule has 0 atom stereocenters. The first kappa shape index (κ1) is 14.8. The topological polar surface area (TPSA) is 39.2 Å². The molecule has 3 nitrogen and oxygen atoms in total. The van der Waals surface area contributed by atoms with E-state index in [0.717, 1.165) is 16.5 Å². The molecule has 0 unspecified atom stereocenters. The number of carbonyl (C=O) groups excluding carboxylic acids is 1. The predicted molar refractivity (Wildman–Crippen MR) is 81.5 cm³/mol. The van der Waals surface area contributed by atoms with Crippen LogP contribution in [-0.4, -0.2) is 17.6 Å². The van der Waals surface area contributed by atoms with Crippen molar-refractivity contribution in [2.24, 2.45) is 0 Å². The number of aromatic nitrogens is 1. The number of esters is 1. The number of fused-ring (bicyclic) bond motifs is 1. The largest absolute Gasteiger partial charge is 0.462 e. The third-order valence-corrected chi connectivity index (χ3v) is 3.46. The van der Waals surface area contributed by atoms with Gasteiger partial charge >= 0.3 is 5.97 Å². The van der Waals surface area contributed by atoms with Crippen molar-refractivity contribution in [3.8, 4) is 0 Å². The molecular formula is C16H18ClNO2. The zero-order valence-electron chi connectivity index (χ0n) is 12.2. The standard InChI is InChI=1S/C16H18ClNO2/c1-5-20-16(19)15-10(4)18-13-7-6-11(17)8-12(13)14(15)9(2)3/h6-9H,5H2,1-4H3. The average Bonchev–Trinajstić information content (AvgIpc) is 2.37. The molecule has 20 heavy (non-hydrogen) atoms. The summed E-state index contributed by atoms with van der Waals surface area (Å²) in [5, 5.41) is 1.56. The van der Waals surface area contributed by atoms with Gasteiger partial charge in [-0.3, -0.25) is 4.98 Å². The molecule has 0 aliphatic heterocycles. The Kier molecular flexibility index (Phi) is 4.29. The quantitative estimate of drug-likeness (QED) is 0.782. The summed E-state index contributed by atoms with van der Waals surface area (Å²) in [4.78, 5) is 16.7. The lowest BCUT2D eigenvalue weighted by molar-refractivity contribution is 0.0523. The Morgan fingerprint density at radius 3 is 2.70 bits per heavy atom. The van der Waals surface area contributed by atoms with E-state index < -0.39 is 0 Å². The molecule has 0 N–H and O–H groups in total. The van der Waals surface area contributed by atoms with Gasteiger partial charge < -0.3 is 4.74 Å². The van der Waals surface area contributed by atoms with Crippen molar-refractivity contribution >= 4 is 28.5 Å². The number of aryl methyl sites for hydroxylation is 1. The van der Waals surface area contributed by atoms with Crippen LogP contribution >= 0.6 is 11.6 Å². The van der Waals surface area contributed by atoms with E-state index in [0.29, 0.717) is 22.9 Å². The Morgan fingerprint density at radius 2 is 2.10 bits per heavy atom. The van der Waals surface area contributed by atoms with Crippen LogP contribution in [0.3, 0.4) is 0 Å². The van der Waals surface area contributed by atoms with Gasteiger partial charge in [0, 0.05) is 10.4 Å². The number of rotatable bonds is 3. The molecule has 0 radical (unpaired) electrons. The van der Waals surface area contributed by atoms with Crippen LogP contribution in [0, 0.1) is 6.92 Å². The van der Waals surface area contributed by atoms with Crippen LogP contribution in [0.5, 0.6) is 0 Å². The zero-order valence-corrected chi connectivity index (χ0v) is 12.9. The van der Waals surface area contributed by atoms with E-state index >= 15 is 0 Å². The normalized spacial score (nSPS) is 11.1. The fourth-order valence-corrected chi connectivity index (χ4v) is 2.62. The fourth-order valence-electron chi connectivity index (χ4n) is 2.45. The van der Waals surface area contributed by atoms with Crippen molar-refractivity contribution < 1.29 is 9.53 Å². The minimum Gasteiger partial charge on any atom is -0.462 e. The van der Waals surface area contributed by atoms with Crippen molar-refractivity contribution in [2.75, 3.05) is 6.61 Å². The van der Waals surface area contributed by atoms with Crippen LogP contribution < -0.4 is 0 Å². The number of benzene rings is 1. The van der Waals surface area contributed by atoms with Gasteiger partial charge in [0.25, 0.3) is 0 Å². The van der Waals surface area contributed by atoms with Crippen molar-refractivity contribution in [2.45, 2.75) is 33.6 Å². The van der Waals surface area contributed by atoms with Gasteiger partial charge in [0.1, 0.15) is 0 Å². The van der Waals surface area contributed by atoms with E-state index in [4.69, 9.17) is 16.3 Å². The number of hydrogen-bond acceptors (Lipinski definition) is 3. The van der Waals surface area contributed by atoms with Crippen molar-refractivity contribution in [1.82, 2.24) is 4.98 Å². The van der Waals surface area contributed by atoms with Crippen LogP contribution in [0.1, 0.15) is 48.3 Å². The molecule has 0 amide bonds. The molecule has 0 saturated heterocycles. The second kappa shape index (κ2) is 5.80. The Balaban J connectivity index is 2.82. The highest BCUT2D eigenvalue weighted by Gasteiger charge is 2.22. The summed E-state index contributed by atoms with van der Waals surface area (Å²) in [6, 6.07) is 5.55. The van der Waals surface area contributed by atoms with E-state index in [1.807, 2.05) is 25.1 Å². The maximum absolute atomic E-state index is 12.2. The highest BCUT2D eigenvalue weighted by atomic mass is 35.5. The summed E-state index contributed by atoms with van der Waals surface area (Å²) in [6.07, 6.45) is 0. The Labute approximate surface area is 123 Å². The van der Waals surface area contributed by atoms with E-state index in [9.17, 15) is 4.79 Å². The van der Waals surface area contributed by atoms with Crippen molar-refractivity contribution in [3.63, 3.8) is 0 Å².